The van der Waals surface area contributed by atoms with E-state index in [-0.39, 0.29) is 0 Å². The van der Waals surface area contributed by atoms with Crippen LogP contribution >= 0.6 is 34.4 Å². The maximum absolute atomic E-state index is 5.25. The Balaban J connectivity index is 1.59. The molecule has 0 aliphatic carbocycles. The predicted octanol–water partition coefficient (Wildman–Crippen LogP) is 3.76. The fourth-order valence-electron chi connectivity index (χ4n) is 1.52. The van der Waals surface area contributed by atoms with Crippen molar-refractivity contribution in [3.63, 3.8) is 0 Å². The summed E-state index contributed by atoms with van der Waals surface area (Å²) in [4.78, 5) is 4.37. The zero-order valence-corrected chi connectivity index (χ0v) is 13.9. The molecule has 0 aliphatic rings. The van der Waals surface area contributed by atoms with E-state index in [0.717, 1.165) is 15.0 Å². The molecule has 0 aromatic carbocycles. The van der Waals surface area contributed by atoms with E-state index in [0.29, 0.717) is 23.5 Å². The van der Waals surface area contributed by atoms with Crippen LogP contribution in [0.2, 0.25) is 0 Å². The van der Waals surface area contributed by atoms with E-state index in [1.54, 1.807) is 23.1 Å². The van der Waals surface area contributed by atoms with Crippen molar-refractivity contribution in [3.05, 3.63) is 22.7 Å². The van der Waals surface area contributed by atoms with Crippen molar-refractivity contribution in [2.24, 2.45) is 0 Å². The number of hydrogen-bond acceptors (Lipinski definition) is 9. The fraction of sp³-hybridized carbons (Fsp3) is 0.333. The Kier molecular flexibility index (Phi) is 4.51. The van der Waals surface area contributed by atoms with Crippen molar-refractivity contribution in [1.82, 2.24) is 20.3 Å². The van der Waals surface area contributed by atoms with Crippen molar-refractivity contribution >= 4 is 39.6 Å². The molecule has 0 saturated carbocycles. The molecule has 3 heterocycles. The number of rotatable bonds is 6. The second kappa shape index (κ2) is 6.54. The Morgan fingerprint density at radius 2 is 2.29 bits per heavy atom. The largest absolute Gasteiger partial charge is 0.358 e. The van der Waals surface area contributed by atoms with Crippen LogP contribution in [0.15, 0.2) is 25.7 Å². The Labute approximate surface area is 134 Å². The minimum Gasteiger partial charge on any atom is -0.358 e. The number of anilines is 1. The van der Waals surface area contributed by atoms with E-state index in [4.69, 9.17) is 4.52 Å². The van der Waals surface area contributed by atoms with E-state index in [1.165, 1.54) is 11.3 Å². The van der Waals surface area contributed by atoms with E-state index in [2.05, 4.69) is 39.5 Å². The summed E-state index contributed by atoms with van der Waals surface area (Å²) in [5.74, 6) is 1.81. The molecule has 9 heteroatoms. The minimum atomic E-state index is 0.347. The number of thioether (sulfide) groups is 1. The number of nitrogens with one attached hydrogen (secondary N) is 1. The SMILES string of the molecule is CC(C)Nc1nnc(SCc2nc(-c3ccsc3)no2)s1. The fourth-order valence-corrected chi connectivity index (χ4v) is 3.89. The number of aromatic nitrogens is 4. The summed E-state index contributed by atoms with van der Waals surface area (Å²) in [7, 11) is 0. The van der Waals surface area contributed by atoms with Gasteiger partial charge in [0.15, 0.2) is 4.34 Å². The quantitative estimate of drug-likeness (QED) is 0.685. The first-order valence-corrected chi connectivity index (χ1v) is 9.03. The van der Waals surface area contributed by atoms with Gasteiger partial charge in [0, 0.05) is 17.0 Å². The Morgan fingerprint density at radius 1 is 1.38 bits per heavy atom. The van der Waals surface area contributed by atoms with Gasteiger partial charge in [-0.15, -0.1) is 10.2 Å². The molecular weight excluding hydrogens is 326 g/mol. The third kappa shape index (κ3) is 3.80. The van der Waals surface area contributed by atoms with Gasteiger partial charge in [0.2, 0.25) is 16.8 Å². The highest BCUT2D eigenvalue weighted by atomic mass is 32.2. The predicted molar refractivity (Wildman–Crippen MR) is 85.8 cm³/mol. The number of hydrogen-bond donors (Lipinski definition) is 1. The van der Waals surface area contributed by atoms with Crippen LogP contribution < -0.4 is 5.32 Å². The van der Waals surface area contributed by atoms with Gasteiger partial charge in [0.25, 0.3) is 0 Å². The summed E-state index contributed by atoms with van der Waals surface area (Å²) in [6.07, 6.45) is 0. The lowest BCUT2D eigenvalue weighted by Gasteiger charge is -2.02. The molecule has 3 aromatic rings. The molecule has 0 saturated heterocycles. The summed E-state index contributed by atoms with van der Waals surface area (Å²) in [5.41, 5.74) is 0.985. The first-order chi connectivity index (χ1) is 10.2. The molecule has 6 nitrogen and oxygen atoms in total. The third-order valence-electron chi connectivity index (χ3n) is 2.39. The van der Waals surface area contributed by atoms with Crippen LogP contribution in [-0.4, -0.2) is 26.4 Å². The smallest absolute Gasteiger partial charge is 0.237 e. The Morgan fingerprint density at radius 3 is 3.05 bits per heavy atom. The van der Waals surface area contributed by atoms with Crippen LogP contribution in [0.4, 0.5) is 5.13 Å². The van der Waals surface area contributed by atoms with Gasteiger partial charge in [-0.2, -0.15) is 16.3 Å². The highest BCUT2D eigenvalue weighted by Crippen LogP contribution is 2.28. The van der Waals surface area contributed by atoms with Gasteiger partial charge in [-0.1, -0.05) is 28.3 Å². The highest BCUT2D eigenvalue weighted by molar-refractivity contribution is 8.00. The summed E-state index contributed by atoms with van der Waals surface area (Å²) in [5, 5.41) is 20.2. The summed E-state index contributed by atoms with van der Waals surface area (Å²) in [6, 6.07) is 2.32. The van der Waals surface area contributed by atoms with Gasteiger partial charge >= 0.3 is 0 Å². The van der Waals surface area contributed by atoms with Crippen LogP contribution in [0.5, 0.6) is 0 Å². The molecule has 1 N–H and O–H groups in total. The molecule has 0 bridgehead atoms. The molecule has 0 aliphatic heterocycles. The highest BCUT2D eigenvalue weighted by Gasteiger charge is 2.11. The van der Waals surface area contributed by atoms with Gasteiger partial charge < -0.3 is 9.84 Å². The van der Waals surface area contributed by atoms with Gasteiger partial charge in [0.1, 0.15) is 0 Å². The average molecular weight is 339 g/mol. The zero-order valence-electron chi connectivity index (χ0n) is 11.4. The molecule has 110 valence electrons. The van der Waals surface area contributed by atoms with Gasteiger partial charge in [-0.05, 0) is 25.3 Å². The van der Waals surface area contributed by atoms with Crippen molar-refractivity contribution < 1.29 is 4.52 Å². The molecule has 3 aromatic heterocycles. The van der Waals surface area contributed by atoms with Crippen LogP contribution in [-0.2, 0) is 5.75 Å². The van der Waals surface area contributed by atoms with E-state index in [9.17, 15) is 0 Å². The molecule has 0 spiro atoms. The Bertz CT molecular complexity index is 691. The van der Waals surface area contributed by atoms with Gasteiger partial charge in [-0.3, -0.25) is 0 Å². The maximum atomic E-state index is 5.25. The zero-order chi connectivity index (χ0) is 14.7. The summed E-state index contributed by atoms with van der Waals surface area (Å²) < 4.78 is 6.13. The molecule has 0 amide bonds. The van der Waals surface area contributed by atoms with Crippen molar-refractivity contribution in [1.29, 1.82) is 0 Å². The van der Waals surface area contributed by atoms with E-state index >= 15 is 0 Å². The monoisotopic (exact) mass is 339 g/mol. The van der Waals surface area contributed by atoms with Gasteiger partial charge in [-0.25, -0.2) is 0 Å². The van der Waals surface area contributed by atoms with Crippen LogP contribution in [0.25, 0.3) is 11.4 Å². The first-order valence-electron chi connectivity index (χ1n) is 6.28. The molecule has 0 fully saturated rings. The van der Waals surface area contributed by atoms with Crippen molar-refractivity contribution in [3.8, 4) is 11.4 Å². The van der Waals surface area contributed by atoms with Crippen LogP contribution in [0, 0.1) is 0 Å². The standard InChI is InChI=1S/C12H13N5OS3/c1-7(2)13-11-15-16-12(21-11)20-6-9-14-10(17-18-9)8-3-4-19-5-8/h3-5,7H,6H2,1-2H3,(H,13,15). The summed E-state index contributed by atoms with van der Waals surface area (Å²) in [6.45, 7) is 4.14. The Hall–Kier alpha value is -1.45. The van der Waals surface area contributed by atoms with Crippen molar-refractivity contribution in [2.75, 3.05) is 5.32 Å². The molecule has 0 unspecified atom stereocenters. The maximum Gasteiger partial charge on any atom is 0.237 e. The van der Waals surface area contributed by atoms with Crippen LogP contribution in [0.3, 0.4) is 0 Å². The van der Waals surface area contributed by atoms with E-state index < -0.39 is 0 Å². The molecule has 21 heavy (non-hydrogen) atoms. The molecular formula is C12H13N5OS3. The number of thiophene rings is 1. The molecule has 3 rings (SSSR count). The number of nitrogens with zero attached hydrogens (tertiary/aromatic N) is 4. The lowest BCUT2D eigenvalue weighted by Crippen LogP contribution is -2.08. The minimum absolute atomic E-state index is 0.347. The third-order valence-corrected chi connectivity index (χ3v) is 5.04. The lowest BCUT2D eigenvalue weighted by atomic mass is 10.3. The molecule has 0 radical (unpaired) electrons. The topological polar surface area (TPSA) is 76.7 Å². The normalized spacial score (nSPS) is 11.2. The first kappa shape index (κ1) is 14.5. The molecule has 0 atom stereocenters. The van der Waals surface area contributed by atoms with Crippen molar-refractivity contribution in [2.45, 2.75) is 30.0 Å². The van der Waals surface area contributed by atoms with Crippen LogP contribution in [0.1, 0.15) is 19.7 Å². The lowest BCUT2D eigenvalue weighted by molar-refractivity contribution is 0.391. The second-order valence-corrected chi connectivity index (χ2v) is 7.46. The summed E-state index contributed by atoms with van der Waals surface area (Å²) >= 11 is 4.68. The van der Waals surface area contributed by atoms with Gasteiger partial charge in [0.05, 0.1) is 5.75 Å². The van der Waals surface area contributed by atoms with E-state index in [1.807, 2.05) is 16.8 Å². The average Bonchev–Trinajstić information content (AvgIpc) is 3.17. The second-order valence-electron chi connectivity index (χ2n) is 4.48.